The largest absolute Gasteiger partial charge is 0.306 e. The molecule has 98 valence electrons. The van der Waals surface area contributed by atoms with Crippen LogP contribution in [0.2, 0.25) is 0 Å². The quantitative estimate of drug-likeness (QED) is 0.793. The predicted octanol–water partition coefficient (Wildman–Crippen LogP) is 1.35. The molecule has 2 aliphatic rings. The van der Waals surface area contributed by atoms with Crippen molar-refractivity contribution in [3.05, 3.63) is 29.6 Å². The van der Waals surface area contributed by atoms with Gasteiger partial charge in [-0.2, -0.15) is 0 Å². The molecule has 0 aliphatic carbocycles. The highest BCUT2D eigenvalue weighted by Crippen LogP contribution is 2.30. The molecule has 0 saturated carbocycles. The van der Waals surface area contributed by atoms with Gasteiger partial charge >= 0.3 is 0 Å². The van der Waals surface area contributed by atoms with Crippen molar-refractivity contribution in [3.8, 4) is 0 Å². The van der Waals surface area contributed by atoms with E-state index < -0.39 is 11.6 Å². The molecule has 2 saturated heterocycles. The van der Waals surface area contributed by atoms with Crippen molar-refractivity contribution in [2.24, 2.45) is 11.8 Å². The summed E-state index contributed by atoms with van der Waals surface area (Å²) in [4.78, 5) is 8.43. The maximum atomic E-state index is 13.5. The second-order valence-corrected chi connectivity index (χ2v) is 5.52. The molecule has 2 unspecified atom stereocenters. The fraction of sp³-hybridized carbons (Fsp3) is 0.615. The van der Waals surface area contributed by atoms with E-state index >= 15 is 0 Å². The van der Waals surface area contributed by atoms with Crippen LogP contribution in [0.4, 0.5) is 8.78 Å². The molecule has 5 heteroatoms. The fourth-order valence-electron chi connectivity index (χ4n) is 3.22. The number of halogens is 2. The minimum atomic E-state index is -0.615. The van der Waals surface area contributed by atoms with Crippen LogP contribution in [0.1, 0.15) is 5.69 Å². The molecule has 1 aromatic rings. The lowest BCUT2D eigenvalue weighted by atomic mass is 10.0. The first-order chi connectivity index (χ1) is 8.61. The van der Waals surface area contributed by atoms with Crippen molar-refractivity contribution >= 4 is 0 Å². The second kappa shape index (κ2) is 4.55. The van der Waals surface area contributed by atoms with Gasteiger partial charge in [-0.25, -0.2) is 8.78 Å². The third-order valence-corrected chi connectivity index (χ3v) is 4.00. The van der Waals surface area contributed by atoms with Crippen molar-refractivity contribution in [2.45, 2.75) is 6.54 Å². The summed E-state index contributed by atoms with van der Waals surface area (Å²) in [5, 5.41) is 0. The molecular weight excluding hydrogens is 236 g/mol. The summed E-state index contributed by atoms with van der Waals surface area (Å²) in [6.45, 7) is 4.73. The van der Waals surface area contributed by atoms with Crippen LogP contribution >= 0.6 is 0 Å². The van der Waals surface area contributed by atoms with Crippen LogP contribution in [-0.2, 0) is 6.54 Å². The van der Waals surface area contributed by atoms with E-state index in [1.54, 1.807) is 0 Å². The van der Waals surface area contributed by atoms with Gasteiger partial charge in [0.15, 0.2) is 0 Å². The average Bonchev–Trinajstić information content (AvgIpc) is 2.79. The summed E-state index contributed by atoms with van der Waals surface area (Å²) in [5.74, 6) is 0.234. The number of fused-ring (bicyclic) bond motifs is 1. The van der Waals surface area contributed by atoms with E-state index in [2.05, 4.69) is 21.8 Å². The summed E-state index contributed by atoms with van der Waals surface area (Å²) < 4.78 is 26.3. The first-order valence-electron chi connectivity index (χ1n) is 6.32. The molecule has 1 aromatic heterocycles. The Kier molecular flexibility index (Phi) is 3.03. The molecule has 0 radical (unpaired) electrons. The van der Waals surface area contributed by atoms with Crippen molar-refractivity contribution in [2.75, 3.05) is 33.2 Å². The van der Waals surface area contributed by atoms with Crippen molar-refractivity contribution in [3.63, 3.8) is 0 Å². The van der Waals surface area contributed by atoms with Crippen LogP contribution in [0.25, 0.3) is 0 Å². The van der Waals surface area contributed by atoms with Crippen molar-refractivity contribution in [1.82, 2.24) is 14.8 Å². The lowest BCUT2D eigenvalue weighted by Crippen LogP contribution is -2.27. The first-order valence-corrected chi connectivity index (χ1v) is 6.32. The molecular formula is C13H17F2N3. The maximum Gasteiger partial charge on any atom is 0.148 e. The fourth-order valence-corrected chi connectivity index (χ4v) is 3.22. The zero-order valence-electron chi connectivity index (χ0n) is 10.4. The smallest absolute Gasteiger partial charge is 0.148 e. The van der Waals surface area contributed by atoms with Gasteiger partial charge in [-0.05, 0) is 18.9 Å². The first kappa shape index (κ1) is 12.0. The number of rotatable bonds is 2. The minimum absolute atomic E-state index is 0.352. The maximum absolute atomic E-state index is 13.5. The monoisotopic (exact) mass is 253 g/mol. The summed E-state index contributed by atoms with van der Waals surface area (Å²) in [6, 6.07) is 0.910. The zero-order valence-corrected chi connectivity index (χ0v) is 10.4. The van der Waals surface area contributed by atoms with Gasteiger partial charge in [0.1, 0.15) is 11.6 Å². The van der Waals surface area contributed by atoms with E-state index in [9.17, 15) is 8.78 Å². The van der Waals surface area contributed by atoms with E-state index in [4.69, 9.17) is 0 Å². The Labute approximate surface area is 105 Å². The van der Waals surface area contributed by atoms with Gasteiger partial charge in [-0.15, -0.1) is 0 Å². The Morgan fingerprint density at radius 2 is 1.89 bits per heavy atom. The summed E-state index contributed by atoms with van der Waals surface area (Å²) >= 11 is 0. The van der Waals surface area contributed by atoms with E-state index in [1.807, 2.05) is 0 Å². The van der Waals surface area contributed by atoms with E-state index in [1.165, 1.54) is 0 Å². The predicted molar refractivity (Wildman–Crippen MR) is 63.9 cm³/mol. The molecule has 18 heavy (non-hydrogen) atoms. The van der Waals surface area contributed by atoms with E-state index in [0.29, 0.717) is 24.1 Å². The Morgan fingerprint density at radius 3 is 2.50 bits per heavy atom. The highest BCUT2D eigenvalue weighted by Gasteiger charge is 2.38. The zero-order chi connectivity index (χ0) is 12.7. The highest BCUT2D eigenvalue weighted by atomic mass is 19.1. The highest BCUT2D eigenvalue weighted by molar-refractivity contribution is 5.09. The molecule has 3 heterocycles. The summed E-state index contributed by atoms with van der Waals surface area (Å²) in [7, 11) is 2.14. The number of hydrogen-bond donors (Lipinski definition) is 0. The Morgan fingerprint density at radius 1 is 1.22 bits per heavy atom. The van der Waals surface area contributed by atoms with Gasteiger partial charge in [0.2, 0.25) is 0 Å². The lowest BCUT2D eigenvalue weighted by molar-refractivity contribution is 0.266. The SMILES string of the molecule is CN1CC2CN(Cc3ncc(F)cc3F)CC2C1. The molecule has 0 N–H and O–H groups in total. The Hall–Kier alpha value is -1.07. The van der Waals surface area contributed by atoms with Gasteiger partial charge in [0.25, 0.3) is 0 Å². The van der Waals surface area contributed by atoms with Gasteiger partial charge in [-0.3, -0.25) is 9.88 Å². The number of pyridine rings is 1. The van der Waals surface area contributed by atoms with Gasteiger partial charge < -0.3 is 4.90 Å². The van der Waals surface area contributed by atoms with Crippen LogP contribution in [0, 0.1) is 23.5 Å². The van der Waals surface area contributed by atoms with Crippen LogP contribution in [0.3, 0.4) is 0 Å². The molecule has 2 aliphatic heterocycles. The summed E-state index contributed by atoms with van der Waals surface area (Å²) in [5.41, 5.74) is 0.352. The van der Waals surface area contributed by atoms with Gasteiger partial charge in [0.05, 0.1) is 11.9 Å². The van der Waals surface area contributed by atoms with Crippen LogP contribution in [-0.4, -0.2) is 48.0 Å². The summed E-state index contributed by atoms with van der Waals surface area (Å²) in [6.07, 6.45) is 1.09. The molecule has 0 bridgehead atoms. The Balaban J connectivity index is 1.65. The van der Waals surface area contributed by atoms with Crippen LogP contribution < -0.4 is 0 Å². The molecule has 0 amide bonds. The number of likely N-dealkylation sites (tertiary alicyclic amines) is 2. The standard InChI is InChI=1S/C13H17F2N3/c1-17-4-9-6-18(7-10(9)5-17)8-13-12(15)2-11(14)3-16-13/h2-3,9-10H,4-8H2,1H3. The minimum Gasteiger partial charge on any atom is -0.306 e. The van der Waals surface area contributed by atoms with E-state index in [-0.39, 0.29) is 0 Å². The topological polar surface area (TPSA) is 19.4 Å². The van der Waals surface area contributed by atoms with Gasteiger partial charge in [-0.1, -0.05) is 0 Å². The number of nitrogens with zero attached hydrogens (tertiary/aromatic N) is 3. The van der Waals surface area contributed by atoms with Gasteiger partial charge in [0, 0.05) is 38.8 Å². The molecule has 0 aromatic carbocycles. The molecule has 2 fully saturated rings. The lowest BCUT2D eigenvalue weighted by Gasteiger charge is -2.18. The second-order valence-electron chi connectivity index (χ2n) is 5.52. The molecule has 0 spiro atoms. The number of hydrogen-bond acceptors (Lipinski definition) is 3. The molecule has 3 nitrogen and oxygen atoms in total. The number of aromatic nitrogens is 1. The third-order valence-electron chi connectivity index (χ3n) is 4.00. The van der Waals surface area contributed by atoms with Crippen molar-refractivity contribution < 1.29 is 8.78 Å². The molecule has 3 rings (SSSR count). The third kappa shape index (κ3) is 2.24. The van der Waals surface area contributed by atoms with Crippen LogP contribution in [0.15, 0.2) is 12.3 Å². The van der Waals surface area contributed by atoms with Crippen LogP contribution in [0.5, 0.6) is 0 Å². The average molecular weight is 253 g/mol. The molecule has 2 atom stereocenters. The van der Waals surface area contributed by atoms with E-state index in [0.717, 1.165) is 38.4 Å². The van der Waals surface area contributed by atoms with Crippen molar-refractivity contribution in [1.29, 1.82) is 0 Å². The Bertz CT molecular complexity index is 438. The normalized spacial score (nSPS) is 28.8.